The standard InChI is InChI=1S/C16H14N2O2/c1-17-12-7-8-13-14(9-12)16(20)18(15(13)19)10-11-5-3-2-4-6-11/h2-9,17H,10H2,1H3. The van der Waals surface area contributed by atoms with Gasteiger partial charge >= 0.3 is 0 Å². The Morgan fingerprint density at radius 3 is 2.35 bits per heavy atom. The van der Waals surface area contributed by atoms with Crippen molar-refractivity contribution in [1.82, 2.24) is 4.90 Å². The maximum absolute atomic E-state index is 12.4. The van der Waals surface area contributed by atoms with Gasteiger partial charge in [0.15, 0.2) is 0 Å². The quantitative estimate of drug-likeness (QED) is 0.868. The van der Waals surface area contributed by atoms with Gasteiger partial charge in [-0.1, -0.05) is 30.3 Å². The molecule has 0 saturated heterocycles. The minimum Gasteiger partial charge on any atom is -0.388 e. The molecule has 100 valence electrons. The molecule has 1 heterocycles. The van der Waals surface area contributed by atoms with E-state index in [0.29, 0.717) is 17.7 Å². The van der Waals surface area contributed by atoms with Crippen molar-refractivity contribution < 1.29 is 9.59 Å². The number of rotatable bonds is 3. The summed E-state index contributed by atoms with van der Waals surface area (Å²) in [7, 11) is 1.78. The lowest BCUT2D eigenvalue weighted by atomic mass is 10.1. The molecule has 2 aromatic carbocycles. The van der Waals surface area contributed by atoms with Crippen LogP contribution < -0.4 is 5.32 Å². The van der Waals surface area contributed by atoms with E-state index < -0.39 is 0 Å². The second-order valence-corrected chi connectivity index (χ2v) is 4.69. The molecule has 4 nitrogen and oxygen atoms in total. The summed E-state index contributed by atoms with van der Waals surface area (Å²) in [5.41, 5.74) is 2.71. The molecular weight excluding hydrogens is 252 g/mol. The summed E-state index contributed by atoms with van der Waals surface area (Å²) in [6, 6.07) is 14.7. The molecule has 3 rings (SSSR count). The molecule has 0 spiro atoms. The predicted molar refractivity (Wildman–Crippen MR) is 76.6 cm³/mol. The predicted octanol–water partition coefficient (Wildman–Crippen LogP) is 2.52. The average Bonchev–Trinajstić information content (AvgIpc) is 2.73. The number of anilines is 1. The van der Waals surface area contributed by atoms with E-state index in [9.17, 15) is 9.59 Å². The zero-order valence-electron chi connectivity index (χ0n) is 11.1. The molecule has 0 fully saturated rings. The number of nitrogens with zero attached hydrogens (tertiary/aromatic N) is 1. The van der Waals surface area contributed by atoms with E-state index in [0.717, 1.165) is 11.3 Å². The SMILES string of the molecule is CNc1ccc2c(c1)C(=O)N(Cc1ccccc1)C2=O. The molecule has 2 aromatic rings. The van der Waals surface area contributed by atoms with E-state index in [2.05, 4.69) is 5.32 Å². The van der Waals surface area contributed by atoms with Crippen LogP contribution in [0.4, 0.5) is 5.69 Å². The summed E-state index contributed by atoms with van der Waals surface area (Å²) in [5, 5.41) is 2.97. The van der Waals surface area contributed by atoms with Gasteiger partial charge in [-0.15, -0.1) is 0 Å². The van der Waals surface area contributed by atoms with Crippen LogP contribution in [0.1, 0.15) is 26.3 Å². The zero-order chi connectivity index (χ0) is 14.1. The van der Waals surface area contributed by atoms with Crippen LogP contribution in [-0.2, 0) is 6.54 Å². The molecule has 20 heavy (non-hydrogen) atoms. The lowest BCUT2D eigenvalue weighted by molar-refractivity contribution is 0.0642. The molecule has 2 amide bonds. The number of nitrogens with one attached hydrogen (secondary N) is 1. The highest BCUT2D eigenvalue weighted by Crippen LogP contribution is 2.26. The van der Waals surface area contributed by atoms with Crippen molar-refractivity contribution in [3.63, 3.8) is 0 Å². The first-order chi connectivity index (χ1) is 9.70. The topological polar surface area (TPSA) is 49.4 Å². The molecule has 0 bridgehead atoms. The Morgan fingerprint density at radius 2 is 1.65 bits per heavy atom. The summed E-state index contributed by atoms with van der Waals surface area (Å²) in [5.74, 6) is -0.456. The lowest BCUT2D eigenvalue weighted by Gasteiger charge is -2.13. The molecule has 0 aromatic heterocycles. The van der Waals surface area contributed by atoms with Gasteiger partial charge in [-0.3, -0.25) is 14.5 Å². The maximum Gasteiger partial charge on any atom is 0.261 e. The molecular formula is C16H14N2O2. The van der Waals surface area contributed by atoms with Crippen molar-refractivity contribution in [2.24, 2.45) is 0 Å². The minimum atomic E-state index is -0.231. The van der Waals surface area contributed by atoms with Crippen molar-refractivity contribution in [3.05, 3.63) is 65.2 Å². The third-order valence-corrected chi connectivity index (χ3v) is 3.44. The number of hydrogen-bond donors (Lipinski definition) is 1. The van der Waals surface area contributed by atoms with Crippen LogP contribution in [0.3, 0.4) is 0 Å². The van der Waals surface area contributed by atoms with Gasteiger partial charge in [-0.25, -0.2) is 0 Å². The monoisotopic (exact) mass is 266 g/mol. The normalized spacial score (nSPS) is 13.6. The molecule has 1 N–H and O–H groups in total. The molecule has 0 aliphatic carbocycles. The highest BCUT2D eigenvalue weighted by atomic mass is 16.2. The van der Waals surface area contributed by atoms with Gasteiger partial charge in [0.25, 0.3) is 11.8 Å². The van der Waals surface area contributed by atoms with Crippen molar-refractivity contribution in [1.29, 1.82) is 0 Å². The van der Waals surface area contributed by atoms with Crippen LogP contribution in [0.25, 0.3) is 0 Å². The average molecular weight is 266 g/mol. The van der Waals surface area contributed by atoms with Gasteiger partial charge in [0.05, 0.1) is 17.7 Å². The first-order valence-electron chi connectivity index (χ1n) is 6.42. The van der Waals surface area contributed by atoms with Gasteiger partial charge in [0, 0.05) is 12.7 Å². The molecule has 0 atom stereocenters. The second kappa shape index (κ2) is 4.81. The van der Waals surface area contributed by atoms with E-state index in [1.807, 2.05) is 30.3 Å². The van der Waals surface area contributed by atoms with Crippen LogP contribution in [0.5, 0.6) is 0 Å². The fourth-order valence-corrected chi connectivity index (χ4v) is 2.36. The third-order valence-electron chi connectivity index (χ3n) is 3.44. The largest absolute Gasteiger partial charge is 0.388 e. The van der Waals surface area contributed by atoms with Gasteiger partial charge in [0.2, 0.25) is 0 Å². The van der Waals surface area contributed by atoms with Crippen molar-refractivity contribution in [2.45, 2.75) is 6.54 Å². The number of fused-ring (bicyclic) bond motifs is 1. The molecule has 0 saturated carbocycles. The highest BCUT2D eigenvalue weighted by molar-refractivity contribution is 6.21. The molecule has 0 unspecified atom stereocenters. The van der Waals surface area contributed by atoms with E-state index in [-0.39, 0.29) is 11.8 Å². The fourth-order valence-electron chi connectivity index (χ4n) is 2.36. The summed E-state index contributed by atoms with van der Waals surface area (Å²) in [4.78, 5) is 25.9. The summed E-state index contributed by atoms with van der Waals surface area (Å²) in [6.45, 7) is 0.308. The van der Waals surface area contributed by atoms with Gasteiger partial charge in [-0.2, -0.15) is 0 Å². The number of hydrogen-bond acceptors (Lipinski definition) is 3. The Hall–Kier alpha value is -2.62. The Labute approximate surface area is 117 Å². The maximum atomic E-state index is 12.4. The molecule has 1 aliphatic rings. The van der Waals surface area contributed by atoms with E-state index in [1.54, 1.807) is 25.2 Å². The van der Waals surface area contributed by atoms with Gasteiger partial charge in [0.1, 0.15) is 0 Å². The molecule has 1 aliphatic heterocycles. The molecule has 0 radical (unpaired) electrons. The minimum absolute atomic E-state index is 0.225. The fraction of sp³-hybridized carbons (Fsp3) is 0.125. The van der Waals surface area contributed by atoms with E-state index >= 15 is 0 Å². The van der Waals surface area contributed by atoms with Crippen LogP contribution in [0, 0.1) is 0 Å². The summed E-state index contributed by atoms with van der Waals surface area (Å²) >= 11 is 0. The Balaban J connectivity index is 1.93. The van der Waals surface area contributed by atoms with Crippen LogP contribution in [0.2, 0.25) is 0 Å². The van der Waals surface area contributed by atoms with Crippen LogP contribution in [0.15, 0.2) is 48.5 Å². The summed E-state index contributed by atoms with van der Waals surface area (Å²) in [6.07, 6.45) is 0. The number of carbonyl (C=O) groups is 2. The number of amides is 2. The zero-order valence-corrected chi connectivity index (χ0v) is 11.1. The van der Waals surface area contributed by atoms with Crippen molar-refractivity contribution in [3.8, 4) is 0 Å². The molecule has 4 heteroatoms. The van der Waals surface area contributed by atoms with Gasteiger partial charge < -0.3 is 5.32 Å². The Bertz CT molecular complexity index is 680. The van der Waals surface area contributed by atoms with Crippen LogP contribution >= 0.6 is 0 Å². The number of imide groups is 1. The Kier molecular flexibility index (Phi) is 2.99. The van der Waals surface area contributed by atoms with E-state index in [4.69, 9.17) is 0 Å². The highest BCUT2D eigenvalue weighted by Gasteiger charge is 2.35. The summed E-state index contributed by atoms with van der Waals surface area (Å²) < 4.78 is 0. The van der Waals surface area contributed by atoms with Gasteiger partial charge in [-0.05, 0) is 23.8 Å². The third kappa shape index (κ3) is 1.95. The number of carbonyl (C=O) groups excluding carboxylic acids is 2. The van der Waals surface area contributed by atoms with Crippen LogP contribution in [-0.4, -0.2) is 23.8 Å². The van der Waals surface area contributed by atoms with Crippen molar-refractivity contribution >= 4 is 17.5 Å². The first kappa shape index (κ1) is 12.4. The smallest absolute Gasteiger partial charge is 0.261 e. The lowest BCUT2D eigenvalue weighted by Crippen LogP contribution is -2.29. The second-order valence-electron chi connectivity index (χ2n) is 4.69. The van der Waals surface area contributed by atoms with Crippen molar-refractivity contribution in [2.75, 3.05) is 12.4 Å². The number of benzene rings is 2. The van der Waals surface area contributed by atoms with E-state index in [1.165, 1.54) is 4.90 Å². The first-order valence-corrected chi connectivity index (χ1v) is 6.42. The Morgan fingerprint density at radius 1 is 0.950 bits per heavy atom.